The molecule has 3 rings (SSSR count). The number of benzene rings is 2. The molecule has 1 fully saturated rings. The summed E-state index contributed by atoms with van der Waals surface area (Å²) in [6.45, 7) is 1.70. The molecule has 2 atom stereocenters. The summed E-state index contributed by atoms with van der Waals surface area (Å²) in [7, 11) is 0. The van der Waals surface area contributed by atoms with Crippen LogP contribution in [0.2, 0.25) is 0 Å². The van der Waals surface area contributed by atoms with E-state index in [0.717, 1.165) is 6.42 Å². The summed E-state index contributed by atoms with van der Waals surface area (Å²) in [6, 6.07) is 11.1. The molecule has 0 spiro atoms. The monoisotopic (exact) mass is 345 g/mol. The van der Waals surface area contributed by atoms with Crippen molar-refractivity contribution in [3.8, 4) is 0 Å². The maximum atomic E-state index is 13.6. The molecule has 132 valence electrons. The van der Waals surface area contributed by atoms with Crippen LogP contribution in [0.4, 0.5) is 8.78 Å². The van der Waals surface area contributed by atoms with E-state index in [1.165, 1.54) is 36.4 Å². The molecule has 1 aliphatic rings. The van der Waals surface area contributed by atoms with Gasteiger partial charge in [0.15, 0.2) is 0 Å². The van der Waals surface area contributed by atoms with Gasteiger partial charge < -0.3 is 10.4 Å². The normalized spacial score (nSPS) is 18.1. The second-order valence-electron chi connectivity index (χ2n) is 6.70. The summed E-state index contributed by atoms with van der Waals surface area (Å²) in [6.07, 6.45) is 1.26. The second-order valence-corrected chi connectivity index (χ2v) is 6.70. The third kappa shape index (κ3) is 3.42. The maximum absolute atomic E-state index is 13.6. The Labute approximate surface area is 145 Å². The van der Waals surface area contributed by atoms with Crippen LogP contribution in [0.1, 0.15) is 43.4 Å². The van der Waals surface area contributed by atoms with Crippen molar-refractivity contribution >= 4 is 5.91 Å². The quantitative estimate of drug-likeness (QED) is 0.869. The molecule has 2 aromatic carbocycles. The lowest BCUT2D eigenvalue weighted by Gasteiger charge is -2.41. The Morgan fingerprint density at radius 2 is 1.80 bits per heavy atom. The highest BCUT2D eigenvalue weighted by Crippen LogP contribution is 2.44. The molecule has 2 N–H and O–H groups in total. The molecule has 0 aromatic heterocycles. The molecule has 0 aliphatic heterocycles. The molecule has 0 heterocycles. The van der Waals surface area contributed by atoms with Gasteiger partial charge >= 0.3 is 0 Å². The summed E-state index contributed by atoms with van der Waals surface area (Å²) >= 11 is 0. The van der Waals surface area contributed by atoms with Crippen molar-refractivity contribution in [1.29, 1.82) is 0 Å². The summed E-state index contributed by atoms with van der Waals surface area (Å²) in [5.74, 6) is -0.957. The van der Waals surface area contributed by atoms with Gasteiger partial charge in [-0.15, -0.1) is 0 Å². The first-order chi connectivity index (χ1) is 11.9. The lowest BCUT2D eigenvalue weighted by molar-refractivity contribution is -0.131. The van der Waals surface area contributed by atoms with E-state index < -0.39 is 17.6 Å². The fraction of sp³-hybridized carbons (Fsp3) is 0.350. The number of hydrogen-bond acceptors (Lipinski definition) is 2. The SMILES string of the molecule is CC(NC(=O)C1(c2cccc(F)c2)CCC1)C(O)c1ccc(F)cc1. The first kappa shape index (κ1) is 17.5. The topological polar surface area (TPSA) is 49.3 Å². The molecule has 2 unspecified atom stereocenters. The Balaban J connectivity index is 1.75. The van der Waals surface area contributed by atoms with Crippen LogP contribution in [0.15, 0.2) is 48.5 Å². The van der Waals surface area contributed by atoms with Gasteiger partial charge in [0.1, 0.15) is 11.6 Å². The molecule has 1 aliphatic carbocycles. The van der Waals surface area contributed by atoms with Crippen LogP contribution in [0.5, 0.6) is 0 Å². The van der Waals surface area contributed by atoms with Crippen LogP contribution >= 0.6 is 0 Å². The molecule has 25 heavy (non-hydrogen) atoms. The van der Waals surface area contributed by atoms with Crippen LogP contribution in [0.3, 0.4) is 0 Å². The number of aliphatic hydroxyl groups is 1. The van der Waals surface area contributed by atoms with Crippen LogP contribution in [-0.2, 0) is 10.2 Å². The number of aliphatic hydroxyl groups excluding tert-OH is 1. The van der Waals surface area contributed by atoms with Gasteiger partial charge in [0.05, 0.1) is 17.6 Å². The van der Waals surface area contributed by atoms with Gasteiger partial charge in [-0.2, -0.15) is 0 Å². The van der Waals surface area contributed by atoms with E-state index >= 15 is 0 Å². The molecular formula is C20H21F2NO2. The minimum Gasteiger partial charge on any atom is -0.386 e. The van der Waals surface area contributed by atoms with E-state index in [2.05, 4.69) is 5.32 Å². The van der Waals surface area contributed by atoms with E-state index in [0.29, 0.717) is 24.0 Å². The van der Waals surface area contributed by atoms with E-state index in [4.69, 9.17) is 0 Å². The van der Waals surface area contributed by atoms with Crippen molar-refractivity contribution in [2.75, 3.05) is 0 Å². The predicted octanol–water partition coefficient (Wildman–Crippen LogP) is 3.62. The number of halogens is 2. The lowest BCUT2D eigenvalue weighted by atomic mass is 9.63. The average Bonchev–Trinajstić information content (AvgIpc) is 2.54. The zero-order chi connectivity index (χ0) is 18.0. The lowest BCUT2D eigenvalue weighted by Crippen LogP contribution is -2.52. The molecule has 1 saturated carbocycles. The molecular weight excluding hydrogens is 324 g/mol. The zero-order valence-corrected chi connectivity index (χ0v) is 14.0. The van der Waals surface area contributed by atoms with Crippen molar-refractivity contribution in [3.63, 3.8) is 0 Å². The van der Waals surface area contributed by atoms with Gasteiger partial charge in [0.2, 0.25) is 5.91 Å². The molecule has 0 saturated heterocycles. The Hall–Kier alpha value is -2.27. The van der Waals surface area contributed by atoms with Gasteiger partial charge in [-0.1, -0.05) is 30.7 Å². The summed E-state index contributed by atoms with van der Waals surface area (Å²) in [4.78, 5) is 12.9. The van der Waals surface area contributed by atoms with Crippen molar-refractivity contribution in [2.45, 2.75) is 43.7 Å². The number of rotatable bonds is 5. The number of carbonyl (C=O) groups excluding carboxylic acids is 1. The summed E-state index contributed by atoms with van der Waals surface area (Å²) in [5, 5.41) is 13.3. The number of nitrogens with one attached hydrogen (secondary N) is 1. The largest absolute Gasteiger partial charge is 0.386 e. The molecule has 3 nitrogen and oxygen atoms in total. The third-order valence-corrected chi connectivity index (χ3v) is 5.06. The van der Waals surface area contributed by atoms with Gasteiger partial charge in [-0.05, 0) is 55.2 Å². The Morgan fingerprint density at radius 3 is 2.36 bits per heavy atom. The Morgan fingerprint density at radius 1 is 1.12 bits per heavy atom. The van der Waals surface area contributed by atoms with E-state index in [1.807, 2.05) is 0 Å². The predicted molar refractivity (Wildman–Crippen MR) is 90.9 cm³/mol. The fourth-order valence-corrected chi connectivity index (χ4v) is 3.34. The van der Waals surface area contributed by atoms with E-state index in [1.54, 1.807) is 19.1 Å². The second kappa shape index (κ2) is 6.92. The number of hydrogen-bond donors (Lipinski definition) is 2. The van der Waals surface area contributed by atoms with Gasteiger partial charge in [-0.25, -0.2) is 8.78 Å². The molecule has 5 heteroatoms. The molecule has 0 radical (unpaired) electrons. The van der Waals surface area contributed by atoms with Crippen LogP contribution in [0, 0.1) is 11.6 Å². The van der Waals surface area contributed by atoms with Crippen molar-refractivity contribution in [2.24, 2.45) is 0 Å². The number of amides is 1. The highest BCUT2D eigenvalue weighted by Gasteiger charge is 2.46. The third-order valence-electron chi connectivity index (χ3n) is 5.06. The Kier molecular flexibility index (Phi) is 4.86. The standard InChI is InChI=1S/C20H21F2NO2/c1-13(18(24)14-6-8-16(21)9-7-14)23-19(25)20(10-3-11-20)15-4-2-5-17(22)12-15/h2,4-9,12-13,18,24H,3,10-11H2,1H3,(H,23,25). The highest BCUT2D eigenvalue weighted by atomic mass is 19.1. The van der Waals surface area contributed by atoms with Crippen molar-refractivity contribution in [3.05, 3.63) is 71.3 Å². The first-order valence-electron chi connectivity index (χ1n) is 8.43. The van der Waals surface area contributed by atoms with E-state index in [-0.39, 0.29) is 17.5 Å². The summed E-state index contributed by atoms with van der Waals surface area (Å²) < 4.78 is 26.6. The zero-order valence-electron chi connectivity index (χ0n) is 14.0. The minimum atomic E-state index is -0.950. The maximum Gasteiger partial charge on any atom is 0.230 e. The van der Waals surface area contributed by atoms with Crippen LogP contribution < -0.4 is 5.32 Å². The van der Waals surface area contributed by atoms with Crippen molar-refractivity contribution < 1.29 is 18.7 Å². The highest BCUT2D eigenvalue weighted by molar-refractivity contribution is 5.89. The smallest absolute Gasteiger partial charge is 0.230 e. The molecule has 2 aromatic rings. The van der Waals surface area contributed by atoms with Crippen LogP contribution in [0.25, 0.3) is 0 Å². The first-order valence-corrected chi connectivity index (χ1v) is 8.43. The minimum absolute atomic E-state index is 0.210. The fourth-order valence-electron chi connectivity index (χ4n) is 3.34. The van der Waals surface area contributed by atoms with Gasteiger partial charge in [0.25, 0.3) is 0 Å². The van der Waals surface area contributed by atoms with Crippen molar-refractivity contribution in [1.82, 2.24) is 5.32 Å². The molecule has 0 bridgehead atoms. The average molecular weight is 345 g/mol. The molecule has 1 amide bonds. The summed E-state index contributed by atoms with van der Waals surface area (Å²) in [5.41, 5.74) is 0.459. The van der Waals surface area contributed by atoms with Crippen LogP contribution in [-0.4, -0.2) is 17.1 Å². The Bertz CT molecular complexity index is 757. The van der Waals surface area contributed by atoms with Gasteiger partial charge in [0, 0.05) is 0 Å². The number of carbonyl (C=O) groups is 1. The van der Waals surface area contributed by atoms with E-state index in [9.17, 15) is 18.7 Å². The van der Waals surface area contributed by atoms with Gasteiger partial charge in [-0.3, -0.25) is 4.79 Å².